The van der Waals surface area contributed by atoms with Crippen molar-refractivity contribution in [2.45, 2.75) is 11.8 Å². The third kappa shape index (κ3) is 2.59. The highest BCUT2D eigenvalue weighted by Crippen LogP contribution is 2.27. The second-order valence-electron chi connectivity index (χ2n) is 3.63. The molecule has 0 aliphatic rings. The maximum Gasteiger partial charge on any atom is 0.288 e. The Labute approximate surface area is 103 Å². The summed E-state index contributed by atoms with van der Waals surface area (Å²) in [4.78, 5) is 24.1. The highest BCUT2D eigenvalue weighted by molar-refractivity contribution is 7.90. The Morgan fingerprint density at radius 2 is 2.00 bits per heavy atom. The van der Waals surface area contributed by atoms with Gasteiger partial charge in [0.05, 0.1) is 10.5 Å². The molecule has 7 nitrogen and oxygen atoms in total. The minimum Gasteiger partial charge on any atom is -0.267 e. The smallest absolute Gasteiger partial charge is 0.267 e. The van der Waals surface area contributed by atoms with Crippen LogP contribution in [0.15, 0.2) is 22.0 Å². The second kappa shape index (κ2) is 4.65. The first-order chi connectivity index (χ1) is 8.18. The molecule has 0 saturated heterocycles. The van der Waals surface area contributed by atoms with E-state index in [9.17, 15) is 23.3 Å². The van der Waals surface area contributed by atoms with Crippen molar-refractivity contribution >= 4 is 28.1 Å². The fourth-order valence-electron chi connectivity index (χ4n) is 1.43. The molecule has 0 aliphatic heterocycles. The predicted molar refractivity (Wildman–Crippen MR) is 64.8 cm³/mol. The van der Waals surface area contributed by atoms with Crippen LogP contribution in [-0.2, 0) is 9.84 Å². The van der Waals surface area contributed by atoms with Crippen molar-refractivity contribution in [1.29, 1.82) is 0 Å². The van der Waals surface area contributed by atoms with Crippen LogP contribution >= 0.6 is 0 Å². The summed E-state index contributed by atoms with van der Waals surface area (Å²) >= 11 is 0. The molecule has 0 N–H and O–H groups in total. The molecule has 0 aliphatic carbocycles. The van der Waals surface area contributed by atoms with Crippen molar-refractivity contribution in [1.82, 2.24) is 0 Å². The van der Waals surface area contributed by atoms with Crippen LogP contribution in [0, 0.1) is 17.0 Å². The van der Waals surface area contributed by atoms with Gasteiger partial charge >= 0.3 is 0 Å². The van der Waals surface area contributed by atoms with Crippen molar-refractivity contribution in [2.24, 2.45) is 4.99 Å². The zero-order valence-corrected chi connectivity index (χ0v) is 10.5. The van der Waals surface area contributed by atoms with Gasteiger partial charge in [0.1, 0.15) is 4.90 Å². The van der Waals surface area contributed by atoms with E-state index in [1.54, 1.807) is 0 Å². The number of sulfone groups is 1. The van der Waals surface area contributed by atoms with E-state index in [0.717, 1.165) is 18.4 Å². The molecular weight excluding hydrogens is 260 g/mol. The van der Waals surface area contributed by atoms with Crippen molar-refractivity contribution in [2.75, 3.05) is 6.26 Å². The summed E-state index contributed by atoms with van der Waals surface area (Å²) in [6.45, 7) is 4.51. The van der Waals surface area contributed by atoms with E-state index in [1.165, 1.54) is 6.92 Å². The van der Waals surface area contributed by atoms with Gasteiger partial charge in [0.15, 0.2) is 9.84 Å². The zero-order chi connectivity index (χ0) is 14.1. The number of nitrogens with zero attached hydrogens (tertiary/aromatic N) is 2. The molecule has 0 unspecified atom stereocenters. The average Bonchev–Trinajstić information content (AvgIpc) is 2.26. The number of hydrogen-bond donors (Lipinski definition) is 0. The van der Waals surface area contributed by atoms with Crippen LogP contribution in [0.2, 0.25) is 0 Å². The molecule has 1 amide bonds. The molecule has 0 aromatic heterocycles. The highest BCUT2D eigenvalue weighted by Gasteiger charge is 2.25. The largest absolute Gasteiger partial charge is 0.288 e. The quantitative estimate of drug-likeness (QED) is 0.465. The third-order valence-electron chi connectivity index (χ3n) is 2.28. The van der Waals surface area contributed by atoms with Gasteiger partial charge in [-0.2, -0.15) is 0 Å². The topological polar surface area (TPSA) is 107 Å². The summed E-state index contributed by atoms with van der Waals surface area (Å²) in [7, 11) is -3.75. The SMILES string of the molecule is C=NC(=O)c1cc([N+](=O)[O-])c(S(C)(=O)=O)cc1C. The Balaban J connectivity index is 3.70. The van der Waals surface area contributed by atoms with E-state index in [1.807, 2.05) is 0 Å². The van der Waals surface area contributed by atoms with Crippen LogP contribution in [0.5, 0.6) is 0 Å². The van der Waals surface area contributed by atoms with Crippen LogP contribution in [0.3, 0.4) is 0 Å². The lowest BCUT2D eigenvalue weighted by molar-refractivity contribution is -0.387. The number of nitro groups is 1. The summed E-state index contributed by atoms with van der Waals surface area (Å²) in [5.74, 6) is -0.740. The van der Waals surface area contributed by atoms with Crippen LogP contribution < -0.4 is 0 Å². The first-order valence-electron chi connectivity index (χ1n) is 4.68. The lowest BCUT2D eigenvalue weighted by Crippen LogP contribution is -2.07. The molecule has 0 fully saturated rings. The average molecular weight is 270 g/mol. The number of aliphatic imine (C=N–C) groups is 1. The van der Waals surface area contributed by atoms with Gasteiger partial charge < -0.3 is 0 Å². The van der Waals surface area contributed by atoms with Crippen LogP contribution in [0.4, 0.5) is 5.69 Å². The lowest BCUT2D eigenvalue weighted by Gasteiger charge is -2.05. The van der Waals surface area contributed by atoms with Crippen molar-refractivity contribution in [3.63, 3.8) is 0 Å². The molecule has 1 aromatic carbocycles. The summed E-state index contributed by atoms with van der Waals surface area (Å²) < 4.78 is 22.9. The molecule has 8 heteroatoms. The van der Waals surface area contributed by atoms with E-state index < -0.39 is 31.3 Å². The molecule has 18 heavy (non-hydrogen) atoms. The third-order valence-corrected chi connectivity index (χ3v) is 3.40. The van der Waals surface area contributed by atoms with Gasteiger partial charge in [-0.05, 0) is 25.3 Å². The van der Waals surface area contributed by atoms with Crippen LogP contribution in [0.25, 0.3) is 0 Å². The van der Waals surface area contributed by atoms with Gasteiger partial charge in [-0.15, -0.1) is 0 Å². The predicted octanol–water partition coefficient (Wildman–Crippen LogP) is 1.15. The van der Waals surface area contributed by atoms with Gasteiger partial charge in [-0.3, -0.25) is 14.9 Å². The minimum absolute atomic E-state index is 0.0379. The highest BCUT2D eigenvalue weighted by atomic mass is 32.2. The number of amides is 1. The lowest BCUT2D eigenvalue weighted by atomic mass is 10.1. The van der Waals surface area contributed by atoms with Crippen LogP contribution in [-0.4, -0.2) is 32.2 Å². The molecule has 96 valence electrons. The first-order valence-corrected chi connectivity index (χ1v) is 6.57. The molecule has 1 aromatic rings. The standard InChI is InChI=1S/C10H10N2O5S/c1-6-4-9(18(3,16)17)8(12(14)15)5-7(6)10(13)11-2/h4-5H,2H2,1,3H3. The Morgan fingerprint density at radius 1 is 1.44 bits per heavy atom. The summed E-state index contributed by atoms with van der Waals surface area (Å²) in [5.41, 5.74) is -0.391. The minimum atomic E-state index is -3.75. The second-order valence-corrected chi connectivity index (χ2v) is 5.61. The number of aryl methyl sites for hydroxylation is 1. The number of carbonyl (C=O) groups excluding carboxylic acids is 1. The van der Waals surface area contributed by atoms with Crippen molar-refractivity contribution in [3.05, 3.63) is 33.4 Å². The number of nitro benzene ring substituents is 1. The number of hydrogen-bond acceptors (Lipinski definition) is 5. The maximum absolute atomic E-state index is 11.4. The molecular formula is C10H10N2O5S. The fraction of sp³-hybridized carbons (Fsp3) is 0.200. The Hall–Kier alpha value is -2.09. The number of rotatable bonds is 3. The molecule has 0 radical (unpaired) electrons. The molecule has 1 rings (SSSR count). The molecule has 0 atom stereocenters. The summed E-state index contributed by atoms with van der Waals surface area (Å²) in [5, 5.41) is 10.8. The van der Waals surface area contributed by atoms with Gasteiger partial charge in [0, 0.05) is 12.3 Å². The van der Waals surface area contributed by atoms with Gasteiger partial charge in [-0.25, -0.2) is 13.4 Å². The number of benzene rings is 1. The Kier molecular flexibility index (Phi) is 3.61. The van der Waals surface area contributed by atoms with Gasteiger partial charge in [-0.1, -0.05) is 0 Å². The van der Waals surface area contributed by atoms with Gasteiger partial charge in [0.25, 0.3) is 11.6 Å². The zero-order valence-electron chi connectivity index (χ0n) is 9.71. The molecule has 0 bridgehead atoms. The van der Waals surface area contributed by atoms with E-state index in [2.05, 4.69) is 11.7 Å². The van der Waals surface area contributed by atoms with Gasteiger partial charge in [0.2, 0.25) is 0 Å². The van der Waals surface area contributed by atoms with Crippen molar-refractivity contribution < 1.29 is 18.1 Å². The van der Waals surface area contributed by atoms with Crippen molar-refractivity contribution in [3.8, 4) is 0 Å². The number of carbonyl (C=O) groups is 1. The van der Waals surface area contributed by atoms with E-state index in [-0.39, 0.29) is 5.56 Å². The fourth-order valence-corrected chi connectivity index (χ4v) is 2.33. The Bertz CT molecular complexity index is 648. The molecule has 0 spiro atoms. The monoisotopic (exact) mass is 270 g/mol. The van der Waals surface area contributed by atoms with Crippen LogP contribution in [0.1, 0.15) is 15.9 Å². The maximum atomic E-state index is 11.4. The normalized spacial score (nSPS) is 11.0. The first kappa shape index (κ1) is 14.0. The van der Waals surface area contributed by atoms with E-state index in [4.69, 9.17) is 0 Å². The summed E-state index contributed by atoms with van der Waals surface area (Å²) in [6, 6.07) is 1.99. The summed E-state index contributed by atoms with van der Waals surface area (Å²) in [6.07, 6.45) is 0.863. The Morgan fingerprint density at radius 3 is 2.39 bits per heavy atom. The van der Waals surface area contributed by atoms with E-state index in [0.29, 0.717) is 5.56 Å². The van der Waals surface area contributed by atoms with E-state index >= 15 is 0 Å². The molecule has 0 saturated carbocycles. The molecule has 0 heterocycles.